The largest absolute Gasteiger partial charge is 0.376 e. The van der Waals surface area contributed by atoms with Gasteiger partial charge in [-0.25, -0.2) is 8.42 Å². The molecule has 0 amide bonds. The molecule has 26 heavy (non-hydrogen) atoms. The molecule has 3 saturated heterocycles. The zero-order valence-corrected chi connectivity index (χ0v) is 16.5. The van der Waals surface area contributed by atoms with Crippen molar-refractivity contribution in [1.29, 1.82) is 0 Å². The lowest BCUT2D eigenvalue weighted by atomic mass is 9.77. The van der Waals surface area contributed by atoms with Gasteiger partial charge < -0.3 is 9.64 Å². The van der Waals surface area contributed by atoms with Crippen LogP contribution in [0.1, 0.15) is 37.7 Å². The van der Waals surface area contributed by atoms with E-state index in [-0.39, 0.29) is 5.41 Å². The molecule has 0 saturated carbocycles. The van der Waals surface area contributed by atoms with E-state index in [0.717, 1.165) is 38.0 Å². The van der Waals surface area contributed by atoms with Gasteiger partial charge in [-0.1, -0.05) is 18.2 Å². The summed E-state index contributed by atoms with van der Waals surface area (Å²) in [7, 11) is -3.39. The Kier molecular flexibility index (Phi) is 5.12. The monoisotopic (exact) mass is 378 g/mol. The van der Waals surface area contributed by atoms with Gasteiger partial charge in [-0.3, -0.25) is 0 Å². The summed E-state index contributed by atoms with van der Waals surface area (Å²) >= 11 is 0. The highest BCUT2D eigenvalue weighted by molar-refractivity contribution is 7.89. The molecule has 0 N–H and O–H groups in total. The van der Waals surface area contributed by atoms with E-state index in [2.05, 4.69) is 4.90 Å². The number of benzene rings is 1. The molecule has 3 heterocycles. The van der Waals surface area contributed by atoms with Crippen molar-refractivity contribution in [3.63, 3.8) is 0 Å². The first-order valence-electron chi connectivity index (χ1n) is 9.88. The number of piperidine rings is 1. The van der Waals surface area contributed by atoms with Crippen LogP contribution in [0.25, 0.3) is 0 Å². The molecule has 0 aromatic heterocycles. The van der Waals surface area contributed by atoms with Crippen LogP contribution in [0, 0.1) is 12.3 Å². The molecule has 1 spiro atoms. The summed E-state index contributed by atoms with van der Waals surface area (Å²) < 4.78 is 33.8. The van der Waals surface area contributed by atoms with Gasteiger partial charge in [-0.05, 0) is 69.2 Å². The van der Waals surface area contributed by atoms with Crippen molar-refractivity contribution >= 4 is 10.0 Å². The van der Waals surface area contributed by atoms with E-state index in [0.29, 0.717) is 24.1 Å². The van der Waals surface area contributed by atoms with Crippen LogP contribution in [0.5, 0.6) is 0 Å². The predicted octanol–water partition coefficient (Wildman–Crippen LogP) is 2.65. The van der Waals surface area contributed by atoms with Crippen LogP contribution < -0.4 is 0 Å². The normalized spacial score (nSPS) is 27.3. The van der Waals surface area contributed by atoms with E-state index in [1.165, 1.54) is 25.9 Å². The highest BCUT2D eigenvalue weighted by Crippen LogP contribution is 2.43. The number of nitrogens with zero attached hydrogens (tertiary/aromatic N) is 2. The Bertz CT molecular complexity index is 735. The van der Waals surface area contributed by atoms with Gasteiger partial charge in [0.2, 0.25) is 10.0 Å². The highest BCUT2D eigenvalue weighted by Gasteiger charge is 2.44. The van der Waals surface area contributed by atoms with Crippen LogP contribution in [-0.4, -0.2) is 63.1 Å². The summed E-state index contributed by atoms with van der Waals surface area (Å²) in [6, 6.07) is 7.28. The minimum Gasteiger partial charge on any atom is -0.376 e. The Hall–Kier alpha value is -0.950. The van der Waals surface area contributed by atoms with E-state index >= 15 is 0 Å². The van der Waals surface area contributed by atoms with E-state index in [9.17, 15) is 8.42 Å². The summed E-state index contributed by atoms with van der Waals surface area (Å²) in [5.74, 6) is 0. The quantitative estimate of drug-likeness (QED) is 0.808. The van der Waals surface area contributed by atoms with E-state index in [1.807, 2.05) is 19.1 Å². The minimum atomic E-state index is -3.39. The molecule has 0 aliphatic carbocycles. The first kappa shape index (κ1) is 18.4. The van der Waals surface area contributed by atoms with Crippen LogP contribution in [0.15, 0.2) is 29.2 Å². The lowest BCUT2D eigenvalue weighted by Crippen LogP contribution is -2.43. The topological polar surface area (TPSA) is 49.9 Å². The molecule has 1 aromatic rings. The molecule has 3 aliphatic rings. The van der Waals surface area contributed by atoms with Crippen molar-refractivity contribution in [3.05, 3.63) is 29.8 Å². The number of hydrogen-bond donors (Lipinski definition) is 0. The fourth-order valence-corrected chi connectivity index (χ4v) is 6.47. The second-order valence-corrected chi connectivity index (χ2v) is 10.2. The molecule has 5 nitrogen and oxygen atoms in total. The molecular formula is C20H30N2O3S. The molecule has 144 valence electrons. The fourth-order valence-electron chi connectivity index (χ4n) is 4.80. The van der Waals surface area contributed by atoms with Crippen LogP contribution in [0.4, 0.5) is 0 Å². The maximum Gasteiger partial charge on any atom is 0.243 e. The van der Waals surface area contributed by atoms with Crippen molar-refractivity contribution in [2.24, 2.45) is 5.41 Å². The van der Waals surface area contributed by atoms with Gasteiger partial charge in [0.1, 0.15) is 0 Å². The van der Waals surface area contributed by atoms with Crippen LogP contribution in [0.2, 0.25) is 0 Å². The first-order valence-corrected chi connectivity index (χ1v) is 11.3. The number of rotatable bonds is 4. The zero-order valence-electron chi connectivity index (χ0n) is 15.7. The lowest BCUT2D eigenvalue weighted by molar-refractivity contribution is 0.0627. The SMILES string of the molecule is Cc1ccccc1S(=O)(=O)N1CCC2(CC1)CO[C@@H](CN1CCCC1)C2. The van der Waals surface area contributed by atoms with Gasteiger partial charge in [0, 0.05) is 19.6 Å². The van der Waals surface area contributed by atoms with E-state index in [1.54, 1.807) is 16.4 Å². The number of ether oxygens (including phenoxy) is 1. The average molecular weight is 379 g/mol. The summed E-state index contributed by atoms with van der Waals surface area (Å²) in [6.45, 7) is 7.33. The molecule has 0 radical (unpaired) electrons. The number of hydrogen-bond acceptors (Lipinski definition) is 4. The average Bonchev–Trinajstić information content (AvgIpc) is 3.27. The van der Waals surface area contributed by atoms with Gasteiger partial charge in [-0.15, -0.1) is 0 Å². The summed E-state index contributed by atoms with van der Waals surface area (Å²) in [6.07, 6.45) is 5.85. The van der Waals surface area contributed by atoms with Crippen LogP contribution in [-0.2, 0) is 14.8 Å². The molecular weight excluding hydrogens is 348 g/mol. The predicted molar refractivity (Wildman–Crippen MR) is 102 cm³/mol. The van der Waals surface area contributed by atoms with Crippen molar-refractivity contribution in [1.82, 2.24) is 9.21 Å². The van der Waals surface area contributed by atoms with Crippen molar-refractivity contribution in [3.8, 4) is 0 Å². The van der Waals surface area contributed by atoms with Crippen LogP contribution in [0.3, 0.4) is 0 Å². The Labute approximate surface area is 157 Å². The first-order chi connectivity index (χ1) is 12.5. The lowest BCUT2D eigenvalue weighted by Gasteiger charge is -2.38. The molecule has 3 fully saturated rings. The Morgan fingerprint density at radius 2 is 1.81 bits per heavy atom. The molecule has 0 bridgehead atoms. The van der Waals surface area contributed by atoms with Gasteiger partial charge in [0.25, 0.3) is 0 Å². The maximum atomic E-state index is 13.0. The summed E-state index contributed by atoms with van der Waals surface area (Å²) in [5, 5.41) is 0. The van der Waals surface area contributed by atoms with Gasteiger partial charge in [0.05, 0.1) is 17.6 Å². The van der Waals surface area contributed by atoms with E-state index in [4.69, 9.17) is 4.74 Å². The molecule has 1 aromatic carbocycles. The molecule has 3 aliphatic heterocycles. The number of sulfonamides is 1. The van der Waals surface area contributed by atoms with E-state index < -0.39 is 10.0 Å². The smallest absolute Gasteiger partial charge is 0.243 e. The fraction of sp³-hybridized carbons (Fsp3) is 0.700. The second-order valence-electron chi connectivity index (χ2n) is 8.31. The summed E-state index contributed by atoms with van der Waals surface area (Å²) in [5.41, 5.74) is 1.00. The van der Waals surface area contributed by atoms with Gasteiger partial charge in [-0.2, -0.15) is 4.31 Å². The third kappa shape index (κ3) is 3.57. The highest BCUT2D eigenvalue weighted by atomic mass is 32.2. The third-order valence-electron chi connectivity index (χ3n) is 6.44. The zero-order chi connectivity index (χ0) is 18.2. The van der Waals surface area contributed by atoms with Crippen molar-refractivity contribution in [2.45, 2.75) is 50.0 Å². The minimum absolute atomic E-state index is 0.183. The number of likely N-dealkylation sites (tertiary alicyclic amines) is 1. The summed E-state index contributed by atoms with van der Waals surface area (Å²) in [4.78, 5) is 2.96. The molecule has 4 rings (SSSR count). The Morgan fingerprint density at radius 1 is 1.12 bits per heavy atom. The van der Waals surface area contributed by atoms with Gasteiger partial charge >= 0.3 is 0 Å². The second kappa shape index (κ2) is 7.23. The third-order valence-corrected chi connectivity index (χ3v) is 8.50. The molecule has 0 unspecified atom stereocenters. The Balaban J connectivity index is 1.37. The van der Waals surface area contributed by atoms with Crippen molar-refractivity contribution in [2.75, 3.05) is 39.3 Å². The van der Waals surface area contributed by atoms with Gasteiger partial charge in [0.15, 0.2) is 0 Å². The number of aryl methyl sites for hydroxylation is 1. The molecule has 1 atom stereocenters. The maximum absolute atomic E-state index is 13.0. The van der Waals surface area contributed by atoms with Crippen LogP contribution >= 0.6 is 0 Å². The standard InChI is InChI=1S/C20H30N2O3S/c1-17-6-2-3-7-19(17)26(23,24)22-12-8-20(9-13-22)14-18(25-16-20)15-21-10-4-5-11-21/h2-3,6-7,18H,4-5,8-16H2,1H3/t18-/m1/s1. The van der Waals surface area contributed by atoms with Crippen molar-refractivity contribution < 1.29 is 13.2 Å². The molecule has 6 heteroatoms. The Morgan fingerprint density at radius 3 is 2.50 bits per heavy atom.